The first kappa shape index (κ1) is 16.8. The van der Waals surface area contributed by atoms with Gasteiger partial charge in [0.05, 0.1) is 6.10 Å². The van der Waals surface area contributed by atoms with Crippen molar-refractivity contribution in [2.24, 2.45) is 5.92 Å². The van der Waals surface area contributed by atoms with Crippen molar-refractivity contribution in [1.29, 1.82) is 0 Å². The van der Waals surface area contributed by atoms with Gasteiger partial charge < -0.3 is 20.3 Å². The molecule has 130 valence electrons. The van der Waals surface area contributed by atoms with Gasteiger partial charge in [0.1, 0.15) is 5.82 Å². The Hall–Kier alpha value is -2.08. The van der Waals surface area contributed by atoms with Crippen LogP contribution in [0.15, 0.2) is 24.4 Å². The van der Waals surface area contributed by atoms with Gasteiger partial charge in [-0.3, -0.25) is 0 Å². The van der Waals surface area contributed by atoms with Crippen molar-refractivity contribution in [1.82, 2.24) is 15.2 Å². The van der Waals surface area contributed by atoms with Crippen LogP contribution in [-0.2, 0) is 6.42 Å². The topological polar surface area (TPSA) is 68.4 Å². The maximum absolute atomic E-state index is 13.2. The number of piperidine rings is 1. The molecule has 1 aromatic heterocycles. The van der Waals surface area contributed by atoms with Crippen LogP contribution in [0.1, 0.15) is 25.3 Å². The zero-order chi connectivity index (χ0) is 17.1. The normalized spacial score (nSPS) is 19.5. The second-order valence-electron chi connectivity index (χ2n) is 6.57. The fourth-order valence-corrected chi connectivity index (χ4v) is 3.37. The third-order valence-electron chi connectivity index (χ3n) is 4.83. The number of halogens is 1. The molecule has 2 unspecified atom stereocenters. The molecular weight excluding hydrogens is 309 g/mol. The minimum absolute atomic E-state index is 0.0776. The minimum Gasteiger partial charge on any atom is -0.393 e. The van der Waals surface area contributed by atoms with Gasteiger partial charge in [-0.1, -0.05) is 0 Å². The molecule has 2 amide bonds. The zero-order valence-electron chi connectivity index (χ0n) is 13.9. The summed E-state index contributed by atoms with van der Waals surface area (Å²) in [6, 6.07) is 4.60. The number of fused-ring (bicyclic) bond motifs is 1. The summed E-state index contributed by atoms with van der Waals surface area (Å²) in [6.07, 6.45) is 4.06. The number of nitrogens with one attached hydrogen (secondary N) is 2. The Morgan fingerprint density at radius 2 is 2.38 bits per heavy atom. The van der Waals surface area contributed by atoms with E-state index in [0.717, 1.165) is 35.9 Å². The molecule has 1 aliphatic rings. The first-order valence-electron chi connectivity index (χ1n) is 8.51. The molecule has 1 aromatic carbocycles. The van der Waals surface area contributed by atoms with E-state index < -0.39 is 0 Å². The van der Waals surface area contributed by atoms with Gasteiger partial charge in [-0.2, -0.15) is 0 Å². The van der Waals surface area contributed by atoms with Crippen LogP contribution < -0.4 is 5.32 Å². The molecule has 0 bridgehead atoms. The molecular formula is C18H24FN3O2. The Balaban J connectivity index is 1.53. The molecule has 1 saturated heterocycles. The van der Waals surface area contributed by atoms with E-state index >= 15 is 0 Å². The Bertz CT molecular complexity index is 713. The number of carbonyl (C=O) groups is 1. The number of carbonyl (C=O) groups excluding carboxylic acids is 1. The second kappa shape index (κ2) is 7.21. The Morgan fingerprint density at radius 3 is 3.17 bits per heavy atom. The summed E-state index contributed by atoms with van der Waals surface area (Å²) < 4.78 is 13.2. The molecule has 3 N–H and O–H groups in total. The average molecular weight is 333 g/mol. The third-order valence-corrected chi connectivity index (χ3v) is 4.83. The molecule has 2 atom stereocenters. The number of benzene rings is 1. The Labute approximate surface area is 140 Å². The van der Waals surface area contributed by atoms with E-state index in [1.165, 1.54) is 12.1 Å². The number of H-pyrrole nitrogens is 1. The SMILES string of the molecule is CC(O)C1CCCN(C(=O)NCCc2c[nH]c3cc(F)ccc23)C1. The van der Waals surface area contributed by atoms with Gasteiger partial charge in [-0.15, -0.1) is 0 Å². The number of urea groups is 1. The minimum atomic E-state index is -0.382. The number of hydrogen-bond acceptors (Lipinski definition) is 2. The molecule has 2 aromatic rings. The number of aliphatic hydroxyl groups is 1. The molecule has 0 spiro atoms. The number of amides is 2. The van der Waals surface area contributed by atoms with Gasteiger partial charge in [-0.25, -0.2) is 9.18 Å². The van der Waals surface area contributed by atoms with Crippen molar-refractivity contribution in [2.45, 2.75) is 32.3 Å². The largest absolute Gasteiger partial charge is 0.393 e. The molecule has 5 nitrogen and oxygen atoms in total. The van der Waals surface area contributed by atoms with Crippen molar-refractivity contribution in [3.8, 4) is 0 Å². The summed E-state index contributed by atoms with van der Waals surface area (Å²) >= 11 is 0. The van der Waals surface area contributed by atoms with E-state index in [-0.39, 0.29) is 23.9 Å². The van der Waals surface area contributed by atoms with Crippen molar-refractivity contribution in [2.75, 3.05) is 19.6 Å². The molecule has 24 heavy (non-hydrogen) atoms. The molecule has 1 fully saturated rings. The smallest absolute Gasteiger partial charge is 0.317 e. The van der Waals surface area contributed by atoms with Crippen molar-refractivity contribution in [3.63, 3.8) is 0 Å². The van der Waals surface area contributed by atoms with Crippen LogP contribution in [0.5, 0.6) is 0 Å². The highest BCUT2D eigenvalue weighted by Crippen LogP contribution is 2.21. The Kier molecular flexibility index (Phi) is 5.04. The molecule has 1 aliphatic heterocycles. The number of aromatic amines is 1. The van der Waals surface area contributed by atoms with Gasteiger partial charge in [0.15, 0.2) is 0 Å². The summed E-state index contributed by atoms with van der Waals surface area (Å²) in [5.41, 5.74) is 1.83. The van der Waals surface area contributed by atoms with E-state index in [1.807, 2.05) is 6.20 Å². The molecule has 0 aliphatic carbocycles. The molecule has 6 heteroatoms. The van der Waals surface area contributed by atoms with Crippen molar-refractivity contribution in [3.05, 3.63) is 35.8 Å². The number of likely N-dealkylation sites (tertiary alicyclic amines) is 1. The highest BCUT2D eigenvalue weighted by atomic mass is 19.1. The lowest BCUT2D eigenvalue weighted by Gasteiger charge is -2.34. The standard InChI is InChI=1S/C18H24FN3O2/c1-12(23)14-3-2-8-22(11-14)18(24)20-7-6-13-10-21-17-9-15(19)4-5-16(13)17/h4-5,9-10,12,14,21,23H,2-3,6-8,11H2,1H3,(H,20,24). The van der Waals surface area contributed by atoms with Crippen LogP contribution in [0.25, 0.3) is 10.9 Å². The van der Waals surface area contributed by atoms with E-state index in [0.29, 0.717) is 19.5 Å². The van der Waals surface area contributed by atoms with Crippen LogP contribution in [0.4, 0.5) is 9.18 Å². The predicted octanol–water partition coefficient (Wildman–Crippen LogP) is 2.65. The van der Waals surface area contributed by atoms with Crippen molar-refractivity contribution < 1.29 is 14.3 Å². The van der Waals surface area contributed by atoms with Crippen LogP contribution >= 0.6 is 0 Å². The summed E-state index contributed by atoms with van der Waals surface area (Å²) in [6.45, 7) is 3.65. The highest BCUT2D eigenvalue weighted by Gasteiger charge is 2.26. The van der Waals surface area contributed by atoms with Gasteiger partial charge in [0, 0.05) is 42.7 Å². The number of hydrogen-bond donors (Lipinski definition) is 3. The Morgan fingerprint density at radius 1 is 1.54 bits per heavy atom. The zero-order valence-corrected chi connectivity index (χ0v) is 13.9. The van der Waals surface area contributed by atoms with Gasteiger partial charge in [0.2, 0.25) is 0 Å². The van der Waals surface area contributed by atoms with Gasteiger partial charge in [0.25, 0.3) is 0 Å². The van der Waals surface area contributed by atoms with E-state index in [4.69, 9.17) is 0 Å². The fourth-order valence-electron chi connectivity index (χ4n) is 3.37. The fraction of sp³-hybridized carbons (Fsp3) is 0.500. The molecule has 3 rings (SSSR count). The number of aliphatic hydroxyl groups excluding tert-OH is 1. The quantitative estimate of drug-likeness (QED) is 0.805. The van der Waals surface area contributed by atoms with Crippen LogP contribution in [0.2, 0.25) is 0 Å². The van der Waals surface area contributed by atoms with Crippen molar-refractivity contribution >= 4 is 16.9 Å². The maximum atomic E-state index is 13.2. The molecule has 0 radical (unpaired) electrons. The van der Waals surface area contributed by atoms with Gasteiger partial charge >= 0.3 is 6.03 Å². The first-order chi connectivity index (χ1) is 11.5. The van der Waals surface area contributed by atoms with E-state index in [1.54, 1.807) is 17.9 Å². The molecule has 2 heterocycles. The second-order valence-corrected chi connectivity index (χ2v) is 6.57. The number of rotatable bonds is 4. The monoisotopic (exact) mass is 333 g/mol. The van der Waals surface area contributed by atoms with E-state index in [9.17, 15) is 14.3 Å². The van der Waals surface area contributed by atoms with Crippen LogP contribution in [0, 0.1) is 11.7 Å². The molecule has 0 saturated carbocycles. The summed E-state index contributed by atoms with van der Waals surface area (Å²) in [5, 5.41) is 13.6. The van der Waals surface area contributed by atoms with E-state index in [2.05, 4.69) is 10.3 Å². The lowest BCUT2D eigenvalue weighted by atomic mass is 9.94. The first-order valence-corrected chi connectivity index (χ1v) is 8.51. The van der Waals surface area contributed by atoms with Crippen LogP contribution in [-0.4, -0.2) is 46.8 Å². The number of nitrogens with zero attached hydrogens (tertiary/aromatic N) is 1. The van der Waals surface area contributed by atoms with Gasteiger partial charge in [-0.05, 0) is 49.9 Å². The maximum Gasteiger partial charge on any atom is 0.317 e. The third kappa shape index (κ3) is 3.70. The highest BCUT2D eigenvalue weighted by molar-refractivity contribution is 5.83. The summed E-state index contributed by atoms with van der Waals surface area (Å²) in [5.74, 6) is -0.102. The van der Waals surface area contributed by atoms with Crippen LogP contribution in [0.3, 0.4) is 0 Å². The summed E-state index contributed by atoms with van der Waals surface area (Å²) in [7, 11) is 0. The number of aromatic nitrogens is 1. The lowest BCUT2D eigenvalue weighted by molar-refractivity contribution is 0.0740. The summed E-state index contributed by atoms with van der Waals surface area (Å²) in [4.78, 5) is 17.1. The average Bonchev–Trinajstić information content (AvgIpc) is 2.97. The predicted molar refractivity (Wildman–Crippen MR) is 91.3 cm³/mol. The lowest BCUT2D eigenvalue weighted by Crippen LogP contribution is -2.47.